The molecule has 0 spiro atoms. The second-order valence-corrected chi connectivity index (χ2v) is 3.82. The number of aliphatic hydroxyl groups excluding tert-OH is 2. The summed E-state index contributed by atoms with van der Waals surface area (Å²) in [6, 6.07) is 4.14. The van der Waals surface area contributed by atoms with Crippen LogP contribution in [0.15, 0.2) is 18.2 Å². The molecule has 0 aromatic heterocycles. The molecule has 0 bridgehead atoms. The second kappa shape index (κ2) is 5.88. The lowest BCUT2D eigenvalue weighted by atomic mass is 9.99. The Bertz CT molecular complexity index is 485. The van der Waals surface area contributed by atoms with Gasteiger partial charge in [-0.25, -0.2) is 0 Å². The molecule has 1 rings (SSSR count). The molecular weight excluding hydrogens is 263 g/mol. The monoisotopic (exact) mass is 275 g/mol. The van der Waals surface area contributed by atoms with Gasteiger partial charge < -0.3 is 15.6 Å². The third kappa shape index (κ3) is 3.57. The molecule has 104 valence electrons. The van der Waals surface area contributed by atoms with E-state index in [4.69, 9.17) is 11.1 Å². The topological polar surface area (TPSA) is 102 Å². The summed E-state index contributed by atoms with van der Waals surface area (Å²) < 4.78 is 37.5. The van der Waals surface area contributed by atoms with Crippen molar-refractivity contribution in [3.05, 3.63) is 29.3 Å². The van der Waals surface area contributed by atoms with E-state index < -0.39 is 23.9 Å². The molecule has 1 aromatic carbocycles. The SMILES string of the molecule is N#CCC(O)C(O)c1ccc(C(F)(F)F)cc1NN. The van der Waals surface area contributed by atoms with Crippen LogP contribution in [-0.2, 0) is 6.18 Å². The van der Waals surface area contributed by atoms with Gasteiger partial charge in [0.05, 0.1) is 29.8 Å². The number of benzene rings is 1. The largest absolute Gasteiger partial charge is 0.416 e. The Labute approximate surface area is 107 Å². The summed E-state index contributed by atoms with van der Waals surface area (Å²) in [6.07, 6.45) is -7.81. The number of nitrogens with one attached hydrogen (secondary N) is 1. The molecule has 2 atom stereocenters. The fraction of sp³-hybridized carbons (Fsp3) is 0.364. The number of nitrogens with two attached hydrogens (primary N) is 1. The van der Waals surface area contributed by atoms with Crippen molar-refractivity contribution in [2.75, 3.05) is 5.43 Å². The average Bonchev–Trinajstić information content (AvgIpc) is 2.36. The lowest BCUT2D eigenvalue weighted by Gasteiger charge is -2.20. The zero-order valence-corrected chi connectivity index (χ0v) is 9.65. The highest BCUT2D eigenvalue weighted by Crippen LogP contribution is 2.34. The molecule has 0 saturated heterocycles. The minimum Gasteiger partial charge on any atom is -0.389 e. The Morgan fingerprint density at radius 2 is 2.00 bits per heavy atom. The number of hydrazine groups is 1. The summed E-state index contributed by atoms with van der Waals surface area (Å²) in [4.78, 5) is 0. The zero-order valence-electron chi connectivity index (χ0n) is 9.65. The minimum atomic E-state index is -4.54. The van der Waals surface area contributed by atoms with Crippen molar-refractivity contribution in [3.63, 3.8) is 0 Å². The summed E-state index contributed by atoms with van der Waals surface area (Å²) in [6.45, 7) is 0. The summed E-state index contributed by atoms with van der Waals surface area (Å²) in [5.41, 5.74) is 0.910. The quantitative estimate of drug-likeness (QED) is 0.490. The molecule has 0 aliphatic carbocycles. The summed E-state index contributed by atoms with van der Waals surface area (Å²) in [5.74, 6) is 5.10. The minimum absolute atomic E-state index is 0.0155. The highest BCUT2D eigenvalue weighted by molar-refractivity contribution is 5.54. The first-order chi connectivity index (χ1) is 8.81. The van der Waals surface area contributed by atoms with Crippen molar-refractivity contribution in [3.8, 4) is 6.07 Å². The lowest BCUT2D eigenvalue weighted by Crippen LogP contribution is -2.21. The van der Waals surface area contributed by atoms with Gasteiger partial charge in [-0.05, 0) is 12.1 Å². The normalized spacial score (nSPS) is 14.6. The van der Waals surface area contributed by atoms with Crippen LogP contribution in [0.3, 0.4) is 0 Å². The maximum Gasteiger partial charge on any atom is 0.416 e. The van der Waals surface area contributed by atoms with Crippen LogP contribution in [0, 0.1) is 11.3 Å². The number of aliphatic hydroxyl groups is 2. The van der Waals surface area contributed by atoms with Gasteiger partial charge in [0, 0.05) is 5.56 Å². The molecule has 2 unspecified atom stereocenters. The Hall–Kier alpha value is -1.82. The van der Waals surface area contributed by atoms with Gasteiger partial charge in [-0.1, -0.05) is 6.07 Å². The molecule has 0 fully saturated rings. The van der Waals surface area contributed by atoms with Gasteiger partial charge in [-0.15, -0.1) is 0 Å². The molecule has 5 N–H and O–H groups in total. The Morgan fingerprint density at radius 3 is 2.47 bits per heavy atom. The summed E-state index contributed by atoms with van der Waals surface area (Å²) >= 11 is 0. The lowest BCUT2D eigenvalue weighted by molar-refractivity contribution is -0.137. The van der Waals surface area contributed by atoms with Crippen molar-refractivity contribution in [2.45, 2.75) is 24.8 Å². The highest BCUT2D eigenvalue weighted by Gasteiger charge is 2.32. The van der Waals surface area contributed by atoms with E-state index in [1.165, 1.54) is 0 Å². The fourth-order valence-corrected chi connectivity index (χ4v) is 1.53. The van der Waals surface area contributed by atoms with Crippen molar-refractivity contribution in [1.29, 1.82) is 5.26 Å². The van der Waals surface area contributed by atoms with Crippen molar-refractivity contribution < 1.29 is 23.4 Å². The van der Waals surface area contributed by atoms with Crippen LogP contribution in [0.5, 0.6) is 0 Å². The molecular formula is C11H12F3N3O2. The standard InChI is InChI=1S/C11H12F3N3O2/c12-11(13,14)6-1-2-7(8(5-6)17-16)10(19)9(18)3-4-15/h1-2,5,9-10,17-19H,3,16H2. The molecule has 0 heterocycles. The Kier molecular flexibility index (Phi) is 4.72. The predicted octanol–water partition coefficient (Wildman–Crippen LogP) is 1.30. The first-order valence-corrected chi connectivity index (χ1v) is 5.22. The molecule has 5 nitrogen and oxygen atoms in total. The summed E-state index contributed by atoms with van der Waals surface area (Å²) in [7, 11) is 0. The molecule has 1 aromatic rings. The molecule has 0 saturated carbocycles. The third-order valence-corrected chi connectivity index (χ3v) is 2.52. The first kappa shape index (κ1) is 15.2. The van der Waals surface area contributed by atoms with Crippen LogP contribution < -0.4 is 11.3 Å². The van der Waals surface area contributed by atoms with Crippen LogP contribution in [0.1, 0.15) is 23.7 Å². The fourth-order valence-electron chi connectivity index (χ4n) is 1.53. The van der Waals surface area contributed by atoms with Crippen LogP contribution >= 0.6 is 0 Å². The molecule has 0 radical (unpaired) electrons. The number of nitrogen functional groups attached to an aromatic ring is 1. The van der Waals surface area contributed by atoms with E-state index in [9.17, 15) is 23.4 Å². The average molecular weight is 275 g/mol. The van der Waals surface area contributed by atoms with Crippen LogP contribution in [-0.4, -0.2) is 16.3 Å². The van der Waals surface area contributed by atoms with E-state index in [1.807, 2.05) is 5.43 Å². The second-order valence-electron chi connectivity index (χ2n) is 3.82. The Balaban J connectivity index is 3.13. The van der Waals surface area contributed by atoms with Gasteiger partial charge in [-0.3, -0.25) is 5.84 Å². The van der Waals surface area contributed by atoms with Crippen molar-refractivity contribution in [1.82, 2.24) is 0 Å². The van der Waals surface area contributed by atoms with Gasteiger partial charge in [0.2, 0.25) is 0 Å². The number of alkyl halides is 3. The number of rotatable bonds is 4. The highest BCUT2D eigenvalue weighted by atomic mass is 19.4. The maximum atomic E-state index is 12.5. The zero-order chi connectivity index (χ0) is 14.6. The van der Waals surface area contributed by atoms with Crippen LogP contribution in [0.2, 0.25) is 0 Å². The molecule has 0 aliphatic heterocycles. The molecule has 0 aliphatic rings. The van der Waals surface area contributed by atoms with E-state index in [0.717, 1.165) is 18.2 Å². The molecule has 19 heavy (non-hydrogen) atoms. The van der Waals surface area contributed by atoms with Gasteiger partial charge in [0.1, 0.15) is 6.10 Å². The number of halogens is 3. The number of hydrogen-bond acceptors (Lipinski definition) is 5. The molecule has 8 heteroatoms. The van der Waals surface area contributed by atoms with Crippen LogP contribution in [0.4, 0.5) is 18.9 Å². The number of hydrogen-bond donors (Lipinski definition) is 4. The van der Waals surface area contributed by atoms with Gasteiger partial charge in [0.15, 0.2) is 0 Å². The third-order valence-electron chi connectivity index (χ3n) is 2.52. The number of nitrogens with zero attached hydrogens (tertiary/aromatic N) is 1. The van der Waals surface area contributed by atoms with E-state index >= 15 is 0 Å². The van der Waals surface area contributed by atoms with E-state index in [1.54, 1.807) is 6.07 Å². The smallest absolute Gasteiger partial charge is 0.389 e. The van der Waals surface area contributed by atoms with E-state index in [2.05, 4.69) is 0 Å². The van der Waals surface area contributed by atoms with Crippen molar-refractivity contribution >= 4 is 5.69 Å². The number of anilines is 1. The first-order valence-electron chi connectivity index (χ1n) is 5.22. The maximum absolute atomic E-state index is 12.5. The van der Waals surface area contributed by atoms with Gasteiger partial charge in [0.25, 0.3) is 0 Å². The predicted molar refractivity (Wildman–Crippen MR) is 60.5 cm³/mol. The molecule has 0 amide bonds. The van der Waals surface area contributed by atoms with E-state index in [-0.39, 0.29) is 17.7 Å². The van der Waals surface area contributed by atoms with Crippen molar-refractivity contribution in [2.24, 2.45) is 5.84 Å². The van der Waals surface area contributed by atoms with Gasteiger partial charge >= 0.3 is 6.18 Å². The summed E-state index contributed by atoms with van der Waals surface area (Å²) in [5, 5.41) is 27.6. The van der Waals surface area contributed by atoms with Crippen LogP contribution in [0.25, 0.3) is 0 Å². The Morgan fingerprint density at radius 1 is 1.37 bits per heavy atom. The van der Waals surface area contributed by atoms with E-state index in [0.29, 0.717) is 0 Å². The van der Waals surface area contributed by atoms with Gasteiger partial charge in [-0.2, -0.15) is 18.4 Å². The number of nitriles is 1.